The molecule has 0 aliphatic heterocycles. The van der Waals surface area contributed by atoms with Crippen molar-refractivity contribution >= 4 is 40.8 Å². The molecule has 0 saturated carbocycles. The van der Waals surface area contributed by atoms with Crippen LogP contribution in [-0.4, -0.2) is 41.7 Å². The topological polar surface area (TPSA) is 212 Å². The maximum atomic E-state index is 12.5. The number of amides is 2. The highest BCUT2D eigenvalue weighted by atomic mass is 16.2. The molecule has 12 nitrogen and oxygen atoms in total. The van der Waals surface area contributed by atoms with E-state index in [2.05, 4.69) is 31.0 Å². The maximum Gasteiger partial charge on any atom is 0.251 e. The molecule has 0 radical (unpaired) electrons. The van der Waals surface area contributed by atoms with Crippen LogP contribution in [0.15, 0.2) is 68.9 Å². The molecule has 2 aromatic carbocycles. The van der Waals surface area contributed by atoms with Gasteiger partial charge in [-0.15, -0.1) is 10.2 Å². The average molecular weight is 451 g/mol. The Bertz CT molecular complexity index is 1140. The SMILES string of the molecule is C/C(=N\N=C(N)N)c1cccc(NC(=O)CNC(=O)c2cccc(/C(C)=N/N=C(N)N)c2)c1. The second-order valence-corrected chi connectivity index (χ2v) is 6.81. The number of guanidine groups is 2. The van der Waals surface area contributed by atoms with Crippen LogP contribution in [0.25, 0.3) is 0 Å². The first kappa shape index (κ1) is 24.5. The number of hydrogen-bond acceptors (Lipinski definition) is 6. The van der Waals surface area contributed by atoms with Gasteiger partial charge in [0.2, 0.25) is 17.8 Å². The molecule has 0 aromatic heterocycles. The van der Waals surface area contributed by atoms with Gasteiger partial charge in [-0.25, -0.2) is 0 Å². The highest BCUT2D eigenvalue weighted by Crippen LogP contribution is 2.12. The van der Waals surface area contributed by atoms with E-state index in [1.807, 2.05) is 0 Å². The summed E-state index contributed by atoms with van der Waals surface area (Å²) in [5.41, 5.74) is 24.4. The standard InChI is InChI=1S/C21H26N10O2/c1-12(28-30-20(22)23)14-5-3-7-16(9-14)19(33)26-11-18(32)27-17-8-4-6-15(10-17)13(2)29-31-21(24)25/h3-10H,11H2,1-2H3,(H,26,33)(H,27,32)(H4,22,23,30)(H4,24,25,31)/b28-12+,29-13+. The van der Waals surface area contributed by atoms with Crippen LogP contribution in [-0.2, 0) is 4.79 Å². The lowest BCUT2D eigenvalue weighted by molar-refractivity contribution is -0.115. The lowest BCUT2D eigenvalue weighted by Gasteiger charge is -2.09. The zero-order valence-corrected chi connectivity index (χ0v) is 18.2. The summed E-state index contributed by atoms with van der Waals surface area (Å²) in [6.45, 7) is 3.20. The molecule has 0 spiro atoms. The number of carbonyl (C=O) groups excluding carboxylic acids is 2. The van der Waals surface area contributed by atoms with Crippen LogP contribution >= 0.6 is 0 Å². The molecule has 2 rings (SSSR count). The molecule has 12 heteroatoms. The zero-order chi connectivity index (χ0) is 24.4. The summed E-state index contributed by atoms with van der Waals surface area (Å²) >= 11 is 0. The fourth-order valence-corrected chi connectivity index (χ4v) is 2.56. The lowest BCUT2D eigenvalue weighted by atomic mass is 10.1. The van der Waals surface area contributed by atoms with Crippen LogP contribution in [0.3, 0.4) is 0 Å². The van der Waals surface area contributed by atoms with E-state index in [1.165, 1.54) is 0 Å². The number of carbonyl (C=O) groups is 2. The number of nitrogens with zero attached hydrogens (tertiary/aromatic N) is 4. The van der Waals surface area contributed by atoms with Gasteiger partial charge in [-0.1, -0.05) is 24.3 Å². The minimum absolute atomic E-state index is 0.156. The Hall–Kier alpha value is -4.74. The van der Waals surface area contributed by atoms with E-state index in [0.29, 0.717) is 28.2 Å². The normalized spacial score (nSPS) is 11.3. The minimum Gasteiger partial charge on any atom is -0.369 e. The van der Waals surface area contributed by atoms with Gasteiger partial charge in [-0.05, 0) is 49.2 Å². The van der Waals surface area contributed by atoms with Gasteiger partial charge in [0.05, 0.1) is 18.0 Å². The molecule has 0 atom stereocenters. The number of benzene rings is 2. The van der Waals surface area contributed by atoms with Gasteiger partial charge in [0.1, 0.15) is 0 Å². The Morgan fingerprint density at radius 2 is 1.27 bits per heavy atom. The number of anilines is 1. The third kappa shape index (κ3) is 8.13. The molecular formula is C21H26N10O2. The molecule has 10 N–H and O–H groups in total. The van der Waals surface area contributed by atoms with E-state index >= 15 is 0 Å². The van der Waals surface area contributed by atoms with Crippen molar-refractivity contribution in [1.29, 1.82) is 0 Å². The summed E-state index contributed by atoms with van der Waals surface area (Å²) in [4.78, 5) is 24.8. The van der Waals surface area contributed by atoms with Gasteiger partial charge in [0.25, 0.3) is 5.91 Å². The van der Waals surface area contributed by atoms with Crippen molar-refractivity contribution in [3.63, 3.8) is 0 Å². The quantitative estimate of drug-likeness (QED) is 0.185. The number of nitrogens with two attached hydrogens (primary N) is 4. The van der Waals surface area contributed by atoms with Crippen molar-refractivity contribution in [3.8, 4) is 0 Å². The molecule has 2 aromatic rings. The average Bonchev–Trinajstić information content (AvgIpc) is 2.79. The highest BCUT2D eigenvalue weighted by Gasteiger charge is 2.10. The van der Waals surface area contributed by atoms with Crippen molar-refractivity contribution in [1.82, 2.24) is 5.32 Å². The molecule has 0 aliphatic rings. The summed E-state index contributed by atoms with van der Waals surface area (Å²) in [7, 11) is 0. The van der Waals surface area contributed by atoms with Crippen molar-refractivity contribution in [3.05, 3.63) is 65.2 Å². The van der Waals surface area contributed by atoms with Gasteiger partial charge < -0.3 is 33.6 Å². The third-order valence-electron chi connectivity index (χ3n) is 4.15. The predicted octanol–water partition coefficient (Wildman–Crippen LogP) is 0.0499. The summed E-state index contributed by atoms with van der Waals surface area (Å²) < 4.78 is 0. The zero-order valence-electron chi connectivity index (χ0n) is 18.2. The first-order valence-electron chi connectivity index (χ1n) is 9.71. The van der Waals surface area contributed by atoms with Gasteiger partial charge in [-0.3, -0.25) is 9.59 Å². The Labute approximate surface area is 190 Å². The summed E-state index contributed by atoms with van der Waals surface area (Å²) in [5.74, 6) is -1.15. The second-order valence-electron chi connectivity index (χ2n) is 6.81. The first-order valence-corrected chi connectivity index (χ1v) is 9.71. The number of nitrogens with one attached hydrogen (secondary N) is 2. The van der Waals surface area contributed by atoms with Gasteiger partial charge >= 0.3 is 0 Å². The molecule has 0 aliphatic carbocycles. The Morgan fingerprint density at radius 1 is 0.758 bits per heavy atom. The van der Waals surface area contributed by atoms with E-state index in [4.69, 9.17) is 22.9 Å². The molecule has 0 fully saturated rings. The summed E-state index contributed by atoms with van der Waals surface area (Å²) in [6, 6.07) is 13.7. The number of hydrogen-bond donors (Lipinski definition) is 6. The fraction of sp³-hybridized carbons (Fsp3) is 0.143. The second kappa shape index (κ2) is 11.6. The Balaban J connectivity index is 2.00. The van der Waals surface area contributed by atoms with Crippen molar-refractivity contribution in [2.45, 2.75) is 13.8 Å². The largest absolute Gasteiger partial charge is 0.369 e. The Kier molecular flexibility index (Phi) is 8.62. The van der Waals surface area contributed by atoms with Crippen LogP contribution in [0, 0.1) is 0 Å². The monoisotopic (exact) mass is 450 g/mol. The van der Waals surface area contributed by atoms with Crippen LogP contribution in [0.4, 0.5) is 5.69 Å². The molecule has 0 saturated heterocycles. The highest BCUT2D eigenvalue weighted by molar-refractivity contribution is 6.04. The van der Waals surface area contributed by atoms with Crippen molar-refractivity contribution in [2.24, 2.45) is 43.3 Å². The minimum atomic E-state index is -0.421. The summed E-state index contributed by atoms with van der Waals surface area (Å²) in [6.07, 6.45) is 0. The smallest absolute Gasteiger partial charge is 0.251 e. The molecule has 33 heavy (non-hydrogen) atoms. The summed E-state index contributed by atoms with van der Waals surface area (Å²) in [5, 5.41) is 20.3. The molecule has 172 valence electrons. The van der Waals surface area contributed by atoms with Crippen LogP contribution in [0.5, 0.6) is 0 Å². The van der Waals surface area contributed by atoms with E-state index < -0.39 is 11.8 Å². The first-order chi connectivity index (χ1) is 15.7. The maximum absolute atomic E-state index is 12.5. The molecule has 0 bridgehead atoms. The van der Waals surface area contributed by atoms with Crippen LogP contribution < -0.4 is 33.6 Å². The lowest BCUT2D eigenvalue weighted by Crippen LogP contribution is -2.33. The predicted molar refractivity (Wildman–Crippen MR) is 130 cm³/mol. The van der Waals surface area contributed by atoms with E-state index in [1.54, 1.807) is 62.4 Å². The molecule has 0 heterocycles. The van der Waals surface area contributed by atoms with Crippen LogP contribution in [0.2, 0.25) is 0 Å². The van der Waals surface area contributed by atoms with E-state index in [9.17, 15) is 9.59 Å². The van der Waals surface area contributed by atoms with Crippen molar-refractivity contribution < 1.29 is 9.59 Å². The molecule has 2 amide bonds. The third-order valence-corrected chi connectivity index (χ3v) is 4.15. The molecular weight excluding hydrogens is 424 g/mol. The Morgan fingerprint density at radius 3 is 1.85 bits per heavy atom. The van der Waals surface area contributed by atoms with Crippen LogP contribution in [0.1, 0.15) is 35.3 Å². The van der Waals surface area contributed by atoms with E-state index in [0.717, 1.165) is 5.56 Å². The van der Waals surface area contributed by atoms with Gasteiger partial charge in [-0.2, -0.15) is 10.2 Å². The van der Waals surface area contributed by atoms with E-state index in [-0.39, 0.29) is 18.5 Å². The van der Waals surface area contributed by atoms with Gasteiger partial charge in [0.15, 0.2) is 0 Å². The molecule has 0 unspecified atom stereocenters. The van der Waals surface area contributed by atoms with Crippen molar-refractivity contribution in [2.75, 3.05) is 11.9 Å². The number of rotatable bonds is 8. The fourth-order valence-electron chi connectivity index (χ4n) is 2.56. The van der Waals surface area contributed by atoms with Gasteiger partial charge in [0, 0.05) is 11.3 Å².